The number of unbranched alkanes of at least 4 members (excludes halogenated alkanes) is 1. The van der Waals surface area contributed by atoms with Crippen molar-refractivity contribution in [3.05, 3.63) is 29.8 Å². The van der Waals surface area contributed by atoms with E-state index in [2.05, 4.69) is 9.46 Å². The highest BCUT2D eigenvalue weighted by atomic mass is 32.2. The van der Waals surface area contributed by atoms with E-state index < -0.39 is 22.0 Å². The number of hydrogen-bond acceptors (Lipinski definition) is 5. The smallest absolute Gasteiger partial charge is 0.339 e. The summed E-state index contributed by atoms with van der Waals surface area (Å²) < 4.78 is 31.2. The number of hydrogen-bond donors (Lipinski definition) is 2. The number of carboxylic acid groups (broad SMARTS) is 1. The Bertz CT molecular complexity index is 611. The second-order valence-corrected chi connectivity index (χ2v) is 5.97. The topological polar surface area (TPSA) is 110 Å². The lowest BCUT2D eigenvalue weighted by Gasteiger charge is -2.10. The van der Waals surface area contributed by atoms with Gasteiger partial charge < -0.3 is 9.84 Å². The summed E-state index contributed by atoms with van der Waals surface area (Å²) in [6.07, 6.45) is 0.753. The van der Waals surface area contributed by atoms with Crippen molar-refractivity contribution in [1.29, 1.82) is 0 Å². The van der Waals surface area contributed by atoms with Crippen molar-refractivity contribution in [2.45, 2.75) is 24.2 Å². The highest BCUT2D eigenvalue weighted by Crippen LogP contribution is 2.16. The molecule has 0 bridgehead atoms. The van der Waals surface area contributed by atoms with Crippen molar-refractivity contribution < 1.29 is 27.9 Å². The summed E-state index contributed by atoms with van der Waals surface area (Å²) >= 11 is 0. The number of carbonyl (C=O) groups is 2. The van der Waals surface area contributed by atoms with E-state index in [1.165, 1.54) is 31.4 Å². The van der Waals surface area contributed by atoms with Gasteiger partial charge in [-0.3, -0.25) is 4.79 Å². The molecule has 0 aromatic heterocycles. The maximum atomic E-state index is 12.1. The third kappa shape index (κ3) is 5.16. The Morgan fingerprint density at radius 3 is 2.52 bits per heavy atom. The predicted octanol–water partition coefficient (Wildman–Crippen LogP) is 1.01. The lowest BCUT2D eigenvalue weighted by Crippen LogP contribution is -2.26. The van der Waals surface area contributed by atoms with Crippen molar-refractivity contribution in [3.8, 4) is 0 Å². The number of esters is 1. The number of carbonyl (C=O) groups excluding carboxylic acids is 1. The normalized spacial score (nSPS) is 11.1. The minimum absolute atomic E-state index is 0.0134. The van der Waals surface area contributed by atoms with Gasteiger partial charge in [-0.05, 0) is 25.0 Å². The number of carboxylic acids is 1. The highest BCUT2D eigenvalue weighted by molar-refractivity contribution is 7.89. The maximum absolute atomic E-state index is 12.1. The van der Waals surface area contributed by atoms with Gasteiger partial charge in [-0.25, -0.2) is 17.9 Å². The minimum atomic E-state index is -3.85. The molecule has 0 aliphatic carbocycles. The van der Waals surface area contributed by atoms with E-state index in [-0.39, 0.29) is 23.4 Å². The zero-order chi connectivity index (χ0) is 15.9. The summed E-state index contributed by atoms with van der Waals surface area (Å²) in [6, 6.07) is 5.72. The van der Waals surface area contributed by atoms with Gasteiger partial charge in [0, 0.05) is 13.0 Å². The Morgan fingerprint density at radius 1 is 1.24 bits per heavy atom. The second kappa shape index (κ2) is 7.75. The fourth-order valence-corrected chi connectivity index (χ4v) is 2.93. The molecule has 0 spiro atoms. The van der Waals surface area contributed by atoms with Crippen LogP contribution in [0.1, 0.15) is 29.6 Å². The summed E-state index contributed by atoms with van der Waals surface area (Å²) in [5, 5.41) is 8.49. The molecule has 2 N–H and O–H groups in total. The minimum Gasteiger partial charge on any atom is -0.481 e. The van der Waals surface area contributed by atoms with Crippen LogP contribution in [0, 0.1) is 0 Å². The Morgan fingerprint density at radius 2 is 1.90 bits per heavy atom. The third-order valence-corrected chi connectivity index (χ3v) is 4.21. The SMILES string of the molecule is COC(=O)c1ccccc1S(=O)(=O)NCCCCC(=O)O. The molecular formula is C13H17NO6S. The van der Waals surface area contributed by atoms with Crippen LogP contribution in [0.25, 0.3) is 0 Å². The van der Waals surface area contributed by atoms with Crippen molar-refractivity contribution in [3.63, 3.8) is 0 Å². The van der Waals surface area contributed by atoms with E-state index in [9.17, 15) is 18.0 Å². The molecule has 21 heavy (non-hydrogen) atoms. The fourth-order valence-electron chi connectivity index (χ4n) is 1.67. The molecule has 0 fully saturated rings. The third-order valence-electron chi connectivity index (χ3n) is 2.69. The largest absolute Gasteiger partial charge is 0.481 e. The molecule has 0 heterocycles. The van der Waals surface area contributed by atoms with Crippen molar-refractivity contribution in [1.82, 2.24) is 4.72 Å². The Balaban J connectivity index is 2.75. The quantitative estimate of drug-likeness (QED) is 0.547. The molecule has 0 saturated carbocycles. The molecule has 0 saturated heterocycles. The number of aliphatic carboxylic acids is 1. The van der Waals surface area contributed by atoms with Crippen LogP contribution < -0.4 is 4.72 Å². The van der Waals surface area contributed by atoms with Crippen LogP contribution in [0.3, 0.4) is 0 Å². The molecule has 0 aliphatic heterocycles. The molecular weight excluding hydrogens is 298 g/mol. The van der Waals surface area contributed by atoms with Gasteiger partial charge in [0.25, 0.3) is 0 Å². The van der Waals surface area contributed by atoms with Crippen LogP contribution in [0.5, 0.6) is 0 Å². The molecule has 7 nitrogen and oxygen atoms in total. The van der Waals surface area contributed by atoms with Crippen molar-refractivity contribution >= 4 is 22.0 Å². The summed E-state index contributed by atoms with van der Waals surface area (Å²) in [4.78, 5) is 21.7. The van der Waals surface area contributed by atoms with E-state index in [0.29, 0.717) is 12.8 Å². The summed E-state index contributed by atoms with van der Waals surface area (Å²) in [6.45, 7) is 0.102. The number of rotatable bonds is 8. The van der Waals surface area contributed by atoms with Crippen LogP contribution in [0.4, 0.5) is 0 Å². The number of methoxy groups -OCH3 is 1. The molecule has 0 unspecified atom stereocenters. The van der Waals surface area contributed by atoms with E-state index in [4.69, 9.17) is 5.11 Å². The molecule has 116 valence electrons. The molecule has 8 heteroatoms. The van der Waals surface area contributed by atoms with Crippen LogP contribution in [0.15, 0.2) is 29.2 Å². The molecule has 0 radical (unpaired) electrons. The van der Waals surface area contributed by atoms with Gasteiger partial charge in [0.2, 0.25) is 10.0 Å². The molecule has 1 aromatic carbocycles. The van der Waals surface area contributed by atoms with Crippen LogP contribution in [0.2, 0.25) is 0 Å². The van der Waals surface area contributed by atoms with E-state index in [1.54, 1.807) is 0 Å². The van der Waals surface area contributed by atoms with Crippen LogP contribution in [-0.2, 0) is 19.6 Å². The van der Waals surface area contributed by atoms with Gasteiger partial charge >= 0.3 is 11.9 Å². The fraction of sp³-hybridized carbons (Fsp3) is 0.385. The van der Waals surface area contributed by atoms with Gasteiger partial charge in [-0.1, -0.05) is 12.1 Å². The zero-order valence-corrected chi connectivity index (χ0v) is 12.4. The predicted molar refractivity (Wildman–Crippen MR) is 74.5 cm³/mol. The van der Waals surface area contributed by atoms with Crippen molar-refractivity contribution in [2.75, 3.05) is 13.7 Å². The Hall–Kier alpha value is -1.93. The van der Waals surface area contributed by atoms with Crippen LogP contribution >= 0.6 is 0 Å². The summed E-state index contributed by atoms with van der Waals surface area (Å²) in [7, 11) is -2.67. The monoisotopic (exact) mass is 315 g/mol. The summed E-state index contributed by atoms with van der Waals surface area (Å²) in [5.74, 6) is -1.66. The van der Waals surface area contributed by atoms with Gasteiger partial charge in [-0.2, -0.15) is 0 Å². The van der Waals surface area contributed by atoms with Gasteiger partial charge in [0.05, 0.1) is 17.6 Å². The highest BCUT2D eigenvalue weighted by Gasteiger charge is 2.21. The first kappa shape index (κ1) is 17.1. The number of benzene rings is 1. The molecule has 0 atom stereocenters. The Kier molecular flexibility index (Phi) is 6.32. The molecule has 1 aromatic rings. The molecule has 0 amide bonds. The second-order valence-electron chi connectivity index (χ2n) is 4.24. The molecule has 0 aliphatic rings. The van der Waals surface area contributed by atoms with E-state index in [0.717, 1.165) is 0 Å². The Labute approximate surface area is 123 Å². The van der Waals surface area contributed by atoms with Crippen LogP contribution in [-0.4, -0.2) is 39.1 Å². The van der Waals surface area contributed by atoms with Gasteiger partial charge in [0.15, 0.2) is 0 Å². The van der Waals surface area contributed by atoms with Crippen molar-refractivity contribution in [2.24, 2.45) is 0 Å². The first-order valence-corrected chi connectivity index (χ1v) is 7.75. The van der Waals surface area contributed by atoms with E-state index in [1.807, 2.05) is 0 Å². The average Bonchev–Trinajstić information content (AvgIpc) is 2.45. The first-order valence-electron chi connectivity index (χ1n) is 6.27. The first-order chi connectivity index (χ1) is 9.88. The average molecular weight is 315 g/mol. The zero-order valence-electron chi connectivity index (χ0n) is 11.5. The number of nitrogens with one attached hydrogen (secondary N) is 1. The molecule has 1 rings (SSSR count). The number of ether oxygens (including phenoxy) is 1. The number of sulfonamides is 1. The lowest BCUT2D eigenvalue weighted by molar-refractivity contribution is -0.137. The summed E-state index contributed by atoms with van der Waals surface area (Å²) in [5.41, 5.74) is -0.0435. The van der Waals surface area contributed by atoms with Gasteiger partial charge in [0.1, 0.15) is 0 Å². The van der Waals surface area contributed by atoms with Gasteiger partial charge in [-0.15, -0.1) is 0 Å². The standard InChI is InChI=1S/C13H17NO6S/c1-20-13(17)10-6-2-3-7-11(10)21(18,19)14-9-5-4-8-12(15)16/h2-3,6-7,14H,4-5,8-9H2,1H3,(H,15,16). The van der Waals surface area contributed by atoms with E-state index >= 15 is 0 Å². The lowest BCUT2D eigenvalue weighted by atomic mass is 10.2. The maximum Gasteiger partial charge on any atom is 0.339 e.